The minimum absolute atomic E-state index is 0. The molecule has 1 rings (SSSR count). The van der Waals surface area contributed by atoms with Gasteiger partial charge in [0.1, 0.15) is 0 Å². The molecule has 1 aliphatic rings. The summed E-state index contributed by atoms with van der Waals surface area (Å²) in [5.41, 5.74) is 0. The Balaban J connectivity index is -0.00000120. The van der Waals surface area contributed by atoms with E-state index in [9.17, 15) is 0 Å². The molecule has 0 aliphatic heterocycles. The molecule has 1 heteroatoms. The summed E-state index contributed by atoms with van der Waals surface area (Å²) in [6, 6.07) is 0. The first-order valence-electron chi connectivity index (χ1n) is 9.33. The van der Waals surface area contributed by atoms with E-state index < -0.39 is 0 Å². The number of rotatable bonds is 10. The van der Waals surface area contributed by atoms with Crippen LogP contribution in [0, 0.1) is 11.8 Å². The van der Waals surface area contributed by atoms with Gasteiger partial charge in [-0.3, -0.25) is 0 Å². The van der Waals surface area contributed by atoms with Crippen molar-refractivity contribution in [3.63, 3.8) is 0 Å². The van der Waals surface area contributed by atoms with Gasteiger partial charge >= 0.3 is 10.1 Å². The number of hydrogen-bond donors (Lipinski definition) is 0. The van der Waals surface area contributed by atoms with E-state index in [1.165, 1.54) is 96.3 Å². The van der Waals surface area contributed by atoms with Gasteiger partial charge in [-0.1, -0.05) is 104 Å². The summed E-state index contributed by atoms with van der Waals surface area (Å²) in [6.07, 6.45) is 22.3. The molecule has 0 bridgehead atoms. The van der Waals surface area contributed by atoms with Crippen LogP contribution in [-0.4, -0.2) is 10.1 Å². The molecule has 2 atom stereocenters. The zero-order valence-corrected chi connectivity index (χ0v) is 14.5. The van der Waals surface area contributed by atoms with Crippen molar-refractivity contribution in [3.8, 4) is 0 Å². The number of hydrogen-bond acceptors (Lipinski definition) is 0. The maximum atomic E-state index is 2.47. The second kappa shape index (κ2) is 14.1. The molecular formula is C19H40Be. The third kappa shape index (κ3) is 10.9. The second-order valence-corrected chi connectivity index (χ2v) is 7.11. The van der Waals surface area contributed by atoms with Gasteiger partial charge in [-0.15, -0.1) is 0 Å². The van der Waals surface area contributed by atoms with E-state index in [-0.39, 0.29) is 13.0 Å². The topological polar surface area (TPSA) is 0 Å². The van der Waals surface area contributed by atoms with E-state index in [0.717, 1.165) is 11.8 Å². The van der Waals surface area contributed by atoms with E-state index in [0.29, 0.717) is 0 Å². The van der Waals surface area contributed by atoms with Crippen molar-refractivity contribution >= 4 is 10.1 Å². The van der Waals surface area contributed by atoms with Crippen molar-refractivity contribution in [1.29, 1.82) is 0 Å². The molecule has 0 saturated heterocycles. The van der Waals surface area contributed by atoms with Gasteiger partial charge in [-0.2, -0.15) is 0 Å². The normalized spacial score (nSPS) is 23.1. The molecule has 0 radical (unpaired) electrons. The van der Waals surface area contributed by atoms with E-state index in [2.05, 4.69) is 13.8 Å². The van der Waals surface area contributed by atoms with Crippen molar-refractivity contribution in [2.75, 3.05) is 0 Å². The van der Waals surface area contributed by atoms with Crippen LogP contribution < -0.4 is 0 Å². The standard InChI is InChI=1S/C19H38.Be.2H/c1-3-4-5-6-7-8-9-10-11-15-19-16-13-12-14-18(2)17-19;;;/h18-19H,3-17H2,1-2H3;;;/q;+2;2*-1. The average Bonchev–Trinajstić information content (AvgIpc) is 2.61. The summed E-state index contributed by atoms with van der Waals surface area (Å²) in [7, 11) is 0. The summed E-state index contributed by atoms with van der Waals surface area (Å²) >= 11 is 0. The van der Waals surface area contributed by atoms with E-state index in [4.69, 9.17) is 0 Å². The van der Waals surface area contributed by atoms with E-state index >= 15 is 0 Å². The van der Waals surface area contributed by atoms with Crippen LogP contribution in [0.25, 0.3) is 0 Å². The second-order valence-electron chi connectivity index (χ2n) is 7.11. The van der Waals surface area contributed by atoms with Gasteiger partial charge in [-0.05, 0) is 18.3 Å². The maximum Gasteiger partial charge on any atom is 2.00 e. The molecule has 0 aromatic heterocycles. The van der Waals surface area contributed by atoms with Crippen molar-refractivity contribution < 1.29 is 2.85 Å². The molecule has 0 N–H and O–H groups in total. The van der Waals surface area contributed by atoms with Crippen LogP contribution in [0.1, 0.15) is 113 Å². The third-order valence-corrected chi connectivity index (χ3v) is 5.01. The fourth-order valence-corrected chi connectivity index (χ4v) is 3.74. The molecule has 118 valence electrons. The predicted molar refractivity (Wildman–Crippen MR) is 95.6 cm³/mol. The zero-order chi connectivity index (χ0) is 13.8. The van der Waals surface area contributed by atoms with Crippen LogP contribution >= 0.6 is 0 Å². The first-order chi connectivity index (χ1) is 9.33. The van der Waals surface area contributed by atoms with Crippen LogP contribution in [-0.2, 0) is 0 Å². The van der Waals surface area contributed by atoms with Crippen molar-refractivity contribution in [1.82, 2.24) is 0 Å². The fraction of sp³-hybridized carbons (Fsp3) is 1.00. The van der Waals surface area contributed by atoms with Crippen molar-refractivity contribution in [2.45, 2.75) is 110 Å². The molecule has 0 spiro atoms. The Morgan fingerprint density at radius 3 is 2.00 bits per heavy atom. The van der Waals surface area contributed by atoms with Gasteiger partial charge in [0.2, 0.25) is 0 Å². The quantitative estimate of drug-likeness (QED) is 0.230. The van der Waals surface area contributed by atoms with E-state index in [1.54, 1.807) is 0 Å². The molecule has 0 heterocycles. The molecule has 1 saturated carbocycles. The van der Waals surface area contributed by atoms with Crippen LogP contribution in [0.5, 0.6) is 0 Å². The first-order valence-corrected chi connectivity index (χ1v) is 9.33. The van der Waals surface area contributed by atoms with Gasteiger partial charge in [0, 0.05) is 0 Å². The Morgan fingerprint density at radius 2 is 1.35 bits per heavy atom. The Morgan fingerprint density at radius 1 is 0.800 bits per heavy atom. The molecule has 0 nitrogen and oxygen atoms in total. The van der Waals surface area contributed by atoms with Gasteiger partial charge in [0.15, 0.2) is 0 Å². The average molecular weight is 278 g/mol. The minimum atomic E-state index is 0. The molecule has 1 aliphatic carbocycles. The Bertz CT molecular complexity index is 200. The largest absolute Gasteiger partial charge is 2.00 e. The SMILES string of the molecule is CCCCCCCCCCCC1CCCCC(C)C1.[Be+2].[H-].[H-]. The molecule has 20 heavy (non-hydrogen) atoms. The summed E-state index contributed by atoms with van der Waals surface area (Å²) in [5, 5.41) is 0. The summed E-state index contributed by atoms with van der Waals surface area (Å²) in [4.78, 5) is 0. The number of unbranched alkanes of at least 4 members (excludes halogenated alkanes) is 8. The summed E-state index contributed by atoms with van der Waals surface area (Å²) < 4.78 is 0. The smallest absolute Gasteiger partial charge is 1.00 e. The fourth-order valence-electron chi connectivity index (χ4n) is 3.74. The van der Waals surface area contributed by atoms with Gasteiger partial charge < -0.3 is 2.85 Å². The monoisotopic (exact) mass is 277 g/mol. The Labute approximate surface area is 135 Å². The molecule has 0 amide bonds. The summed E-state index contributed by atoms with van der Waals surface area (Å²) in [6.45, 7) is 4.77. The molecular weight excluding hydrogens is 237 g/mol. The predicted octanol–water partition coefficient (Wildman–Crippen LogP) is 6.97. The minimum Gasteiger partial charge on any atom is -1.00 e. The van der Waals surface area contributed by atoms with Crippen LogP contribution in [0.2, 0.25) is 0 Å². The van der Waals surface area contributed by atoms with Gasteiger partial charge in [0.25, 0.3) is 0 Å². The van der Waals surface area contributed by atoms with Gasteiger partial charge in [0.05, 0.1) is 0 Å². The summed E-state index contributed by atoms with van der Waals surface area (Å²) in [5.74, 6) is 2.08. The molecule has 0 aromatic rings. The van der Waals surface area contributed by atoms with Crippen LogP contribution in [0.3, 0.4) is 0 Å². The van der Waals surface area contributed by atoms with Gasteiger partial charge in [-0.25, -0.2) is 0 Å². The zero-order valence-electron chi connectivity index (χ0n) is 16.5. The maximum absolute atomic E-state index is 2.47. The van der Waals surface area contributed by atoms with Crippen LogP contribution in [0.15, 0.2) is 0 Å². The first kappa shape index (κ1) is 20.2. The van der Waals surface area contributed by atoms with Crippen molar-refractivity contribution in [2.24, 2.45) is 11.8 Å². The Kier molecular flexibility index (Phi) is 14.2. The van der Waals surface area contributed by atoms with Crippen LogP contribution in [0.4, 0.5) is 0 Å². The molecule has 2 unspecified atom stereocenters. The molecule has 0 aromatic carbocycles. The third-order valence-electron chi connectivity index (χ3n) is 5.01. The van der Waals surface area contributed by atoms with E-state index in [1.807, 2.05) is 0 Å². The van der Waals surface area contributed by atoms with Crippen molar-refractivity contribution in [3.05, 3.63) is 0 Å². The Hall–Kier alpha value is 0.169. The molecule has 1 fully saturated rings.